The maximum atomic E-state index is 5.99. The number of nitrogens with two attached hydrogens (primary N) is 1. The topological polar surface area (TPSA) is 63.8 Å². The fourth-order valence-electron chi connectivity index (χ4n) is 1.98. The van der Waals surface area contributed by atoms with Crippen LogP contribution in [0.1, 0.15) is 22.7 Å². The monoisotopic (exact) mass is 262 g/mol. The van der Waals surface area contributed by atoms with E-state index in [1.807, 2.05) is 32.3 Å². The molecule has 2 heterocycles. The summed E-state index contributed by atoms with van der Waals surface area (Å²) in [4.78, 5) is 8.19. The Morgan fingerprint density at radius 3 is 2.78 bits per heavy atom. The number of hydrogen-bond acceptors (Lipinski definition) is 4. The van der Waals surface area contributed by atoms with Gasteiger partial charge in [-0.05, 0) is 37.2 Å². The molecule has 5 heteroatoms. The Morgan fingerprint density at radius 1 is 1.33 bits per heavy atom. The fourth-order valence-corrected chi connectivity index (χ4v) is 2.15. The standard InChI is InChI=1S/C13H15ClN4/c1-8-6-17-4-3-10(8)12(16-2)11-5-9(14)7-18-13(11)15/h3-7,12,16H,1-2H3,(H2,15,18). The minimum atomic E-state index is -0.0424. The number of hydrogen-bond donors (Lipinski definition) is 2. The summed E-state index contributed by atoms with van der Waals surface area (Å²) < 4.78 is 0. The van der Waals surface area contributed by atoms with Crippen LogP contribution in [-0.2, 0) is 0 Å². The number of anilines is 1. The minimum absolute atomic E-state index is 0.0424. The highest BCUT2D eigenvalue weighted by Gasteiger charge is 2.17. The molecule has 0 spiro atoms. The maximum Gasteiger partial charge on any atom is 0.128 e. The van der Waals surface area contributed by atoms with Gasteiger partial charge in [0.1, 0.15) is 5.82 Å². The van der Waals surface area contributed by atoms with Crippen molar-refractivity contribution < 1.29 is 0 Å². The molecule has 0 fully saturated rings. The lowest BCUT2D eigenvalue weighted by atomic mass is 9.97. The van der Waals surface area contributed by atoms with E-state index in [-0.39, 0.29) is 6.04 Å². The lowest BCUT2D eigenvalue weighted by Crippen LogP contribution is -2.20. The summed E-state index contributed by atoms with van der Waals surface area (Å²) in [6.45, 7) is 2.01. The Labute approximate surface area is 111 Å². The summed E-state index contributed by atoms with van der Waals surface area (Å²) in [6, 6.07) is 3.76. The third kappa shape index (κ3) is 2.44. The molecule has 1 atom stereocenters. The van der Waals surface area contributed by atoms with Crippen molar-refractivity contribution in [2.24, 2.45) is 0 Å². The van der Waals surface area contributed by atoms with Crippen molar-refractivity contribution in [3.63, 3.8) is 0 Å². The van der Waals surface area contributed by atoms with Crippen LogP contribution >= 0.6 is 11.6 Å². The zero-order valence-electron chi connectivity index (χ0n) is 10.3. The first-order valence-electron chi connectivity index (χ1n) is 5.62. The largest absolute Gasteiger partial charge is 0.383 e. The quantitative estimate of drug-likeness (QED) is 0.891. The summed E-state index contributed by atoms with van der Waals surface area (Å²) in [7, 11) is 1.88. The summed E-state index contributed by atoms with van der Waals surface area (Å²) in [5.41, 5.74) is 9.01. The Hall–Kier alpha value is -1.65. The van der Waals surface area contributed by atoms with Gasteiger partial charge in [-0.3, -0.25) is 4.98 Å². The van der Waals surface area contributed by atoms with Crippen molar-refractivity contribution in [1.29, 1.82) is 0 Å². The smallest absolute Gasteiger partial charge is 0.128 e. The normalized spacial score (nSPS) is 12.4. The van der Waals surface area contributed by atoms with Gasteiger partial charge in [0.05, 0.1) is 11.1 Å². The molecule has 0 aliphatic heterocycles. The fraction of sp³-hybridized carbons (Fsp3) is 0.231. The molecule has 0 aliphatic rings. The van der Waals surface area contributed by atoms with E-state index in [9.17, 15) is 0 Å². The number of nitrogens with one attached hydrogen (secondary N) is 1. The van der Waals surface area contributed by atoms with Crippen LogP contribution in [0.15, 0.2) is 30.7 Å². The average Bonchev–Trinajstić information content (AvgIpc) is 2.36. The van der Waals surface area contributed by atoms with E-state index in [0.717, 1.165) is 16.7 Å². The number of nitrogens with zero attached hydrogens (tertiary/aromatic N) is 2. The van der Waals surface area contributed by atoms with Crippen LogP contribution < -0.4 is 11.1 Å². The highest BCUT2D eigenvalue weighted by molar-refractivity contribution is 6.30. The van der Waals surface area contributed by atoms with Gasteiger partial charge in [0.2, 0.25) is 0 Å². The van der Waals surface area contributed by atoms with E-state index in [1.54, 1.807) is 12.4 Å². The summed E-state index contributed by atoms with van der Waals surface area (Å²) in [5, 5.41) is 3.81. The highest BCUT2D eigenvalue weighted by atomic mass is 35.5. The molecule has 3 N–H and O–H groups in total. The van der Waals surface area contributed by atoms with Gasteiger partial charge in [-0.15, -0.1) is 0 Å². The summed E-state index contributed by atoms with van der Waals surface area (Å²) >= 11 is 5.99. The van der Waals surface area contributed by atoms with E-state index in [1.165, 1.54) is 0 Å². The van der Waals surface area contributed by atoms with Crippen molar-refractivity contribution >= 4 is 17.4 Å². The second-order valence-corrected chi connectivity index (χ2v) is 4.52. The molecule has 0 radical (unpaired) electrons. The van der Waals surface area contributed by atoms with Crippen molar-refractivity contribution in [1.82, 2.24) is 15.3 Å². The molecule has 0 saturated heterocycles. The van der Waals surface area contributed by atoms with Gasteiger partial charge >= 0.3 is 0 Å². The van der Waals surface area contributed by atoms with Crippen molar-refractivity contribution in [3.8, 4) is 0 Å². The van der Waals surface area contributed by atoms with Crippen LogP contribution in [-0.4, -0.2) is 17.0 Å². The lowest BCUT2D eigenvalue weighted by Gasteiger charge is -2.20. The molecule has 0 aliphatic carbocycles. The molecule has 0 saturated carbocycles. The average molecular weight is 263 g/mol. The maximum absolute atomic E-state index is 5.99. The van der Waals surface area contributed by atoms with Gasteiger partial charge in [-0.25, -0.2) is 4.98 Å². The van der Waals surface area contributed by atoms with Gasteiger partial charge < -0.3 is 11.1 Å². The molecule has 0 bridgehead atoms. The van der Waals surface area contributed by atoms with Crippen molar-refractivity contribution in [3.05, 3.63) is 52.4 Å². The molecule has 2 rings (SSSR count). The third-order valence-corrected chi connectivity index (χ3v) is 3.10. The number of aryl methyl sites for hydroxylation is 1. The first-order valence-corrected chi connectivity index (χ1v) is 6.00. The van der Waals surface area contributed by atoms with E-state index in [2.05, 4.69) is 15.3 Å². The van der Waals surface area contributed by atoms with Crippen molar-refractivity contribution in [2.75, 3.05) is 12.8 Å². The Bertz CT molecular complexity index is 556. The SMILES string of the molecule is CNC(c1ccncc1C)c1cc(Cl)cnc1N. The number of pyridine rings is 2. The predicted molar refractivity (Wildman–Crippen MR) is 73.5 cm³/mol. The predicted octanol–water partition coefficient (Wildman–Crippen LogP) is 2.33. The van der Waals surface area contributed by atoms with Gasteiger partial charge in [-0.1, -0.05) is 11.6 Å². The van der Waals surface area contributed by atoms with Gasteiger partial charge in [0.15, 0.2) is 0 Å². The molecule has 0 amide bonds. The molecule has 94 valence electrons. The number of rotatable bonds is 3. The molecular weight excluding hydrogens is 248 g/mol. The first kappa shape index (κ1) is 12.8. The Balaban J connectivity index is 2.52. The van der Waals surface area contributed by atoms with Crippen LogP contribution in [0.25, 0.3) is 0 Å². The van der Waals surface area contributed by atoms with Crippen LogP contribution in [0.5, 0.6) is 0 Å². The lowest BCUT2D eigenvalue weighted by molar-refractivity contribution is 0.685. The second-order valence-electron chi connectivity index (χ2n) is 4.08. The second kappa shape index (κ2) is 5.33. The van der Waals surface area contributed by atoms with Gasteiger partial charge in [0.25, 0.3) is 0 Å². The molecule has 0 aromatic carbocycles. The number of nitrogen functional groups attached to an aromatic ring is 1. The molecule has 2 aromatic rings. The van der Waals surface area contributed by atoms with Crippen LogP contribution in [0.3, 0.4) is 0 Å². The van der Waals surface area contributed by atoms with E-state index >= 15 is 0 Å². The molecule has 2 aromatic heterocycles. The molecule has 1 unspecified atom stereocenters. The first-order chi connectivity index (χ1) is 8.63. The molecular formula is C13H15ClN4. The van der Waals surface area contributed by atoms with Gasteiger partial charge in [0, 0.05) is 24.2 Å². The summed E-state index contributed by atoms with van der Waals surface area (Å²) in [5.74, 6) is 0.481. The third-order valence-electron chi connectivity index (χ3n) is 2.89. The minimum Gasteiger partial charge on any atom is -0.383 e. The van der Waals surface area contributed by atoms with E-state index in [0.29, 0.717) is 10.8 Å². The Morgan fingerprint density at radius 2 is 2.11 bits per heavy atom. The highest BCUT2D eigenvalue weighted by Crippen LogP contribution is 2.28. The summed E-state index contributed by atoms with van der Waals surface area (Å²) in [6.07, 6.45) is 5.14. The van der Waals surface area contributed by atoms with Gasteiger partial charge in [-0.2, -0.15) is 0 Å². The Kier molecular flexibility index (Phi) is 3.79. The van der Waals surface area contributed by atoms with Crippen LogP contribution in [0.2, 0.25) is 5.02 Å². The zero-order chi connectivity index (χ0) is 13.1. The molecule has 18 heavy (non-hydrogen) atoms. The number of halogens is 1. The number of aromatic nitrogens is 2. The molecule has 4 nitrogen and oxygen atoms in total. The van der Waals surface area contributed by atoms with Crippen molar-refractivity contribution in [2.45, 2.75) is 13.0 Å². The van der Waals surface area contributed by atoms with Crippen LogP contribution in [0, 0.1) is 6.92 Å². The van der Waals surface area contributed by atoms with E-state index in [4.69, 9.17) is 17.3 Å². The zero-order valence-corrected chi connectivity index (χ0v) is 11.1. The van der Waals surface area contributed by atoms with E-state index < -0.39 is 0 Å². The van der Waals surface area contributed by atoms with Crippen LogP contribution in [0.4, 0.5) is 5.82 Å².